The van der Waals surface area contributed by atoms with Crippen LogP contribution in [0.2, 0.25) is 0 Å². The zero-order valence-electron chi connectivity index (χ0n) is 11.7. The summed E-state index contributed by atoms with van der Waals surface area (Å²) in [5, 5.41) is 0. The van der Waals surface area contributed by atoms with E-state index in [4.69, 9.17) is 0 Å². The molecule has 0 atom stereocenters. The van der Waals surface area contributed by atoms with Crippen molar-refractivity contribution in [2.45, 2.75) is 24.7 Å². The van der Waals surface area contributed by atoms with E-state index < -0.39 is 9.84 Å². The van der Waals surface area contributed by atoms with E-state index in [-0.39, 0.29) is 0 Å². The van der Waals surface area contributed by atoms with Gasteiger partial charge < -0.3 is 0 Å². The third-order valence-electron chi connectivity index (χ3n) is 3.10. The molecule has 19 heavy (non-hydrogen) atoms. The molecule has 4 nitrogen and oxygen atoms in total. The number of nitrogens with zero attached hydrogens (tertiary/aromatic N) is 2. The van der Waals surface area contributed by atoms with Crippen LogP contribution in [0.15, 0.2) is 41.8 Å². The summed E-state index contributed by atoms with van der Waals surface area (Å²) < 4.78 is 27.7. The van der Waals surface area contributed by atoms with Crippen molar-refractivity contribution >= 4 is 9.84 Å². The van der Waals surface area contributed by atoms with E-state index in [1.165, 1.54) is 6.26 Å². The summed E-state index contributed by atoms with van der Waals surface area (Å²) in [4.78, 5) is 0.370. The Morgan fingerprint density at radius 1 is 1.26 bits per heavy atom. The van der Waals surface area contributed by atoms with Gasteiger partial charge in [-0.15, -0.1) is 0 Å². The predicted molar refractivity (Wildman–Crippen MR) is 74.1 cm³/mol. The Hall–Kier alpha value is -1.62. The summed E-state index contributed by atoms with van der Waals surface area (Å²) in [6.45, 7) is 4.10. The molecule has 0 amide bonds. The standard InChI is InChI=1S/C14H19N2O2S/c1-11(2)12-5-6-13(14(9-12)19(4,17)18)16-8-7-15(3)10-16/h5-11H,1-4H3/q+1. The Morgan fingerprint density at radius 3 is 2.42 bits per heavy atom. The first kappa shape index (κ1) is 13.8. The van der Waals surface area contributed by atoms with Gasteiger partial charge in [-0.3, -0.25) is 0 Å². The molecule has 0 saturated heterocycles. The smallest absolute Gasteiger partial charge is 0.239 e. The second-order valence-electron chi connectivity index (χ2n) is 5.14. The summed E-state index contributed by atoms with van der Waals surface area (Å²) >= 11 is 0. The molecule has 1 aromatic heterocycles. The fourth-order valence-electron chi connectivity index (χ4n) is 1.99. The predicted octanol–water partition coefficient (Wildman–Crippen LogP) is 1.83. The first-order chi connectivity index (χ1) is 8.79. The Labute approximate surface area is 114 Å². The molecule has 1 heterocycles. The molecule has 0 fully saturated rings. The van der Waals surface area contributed by atoms with Crippen molar-refractivity contribution in [3.63, 3.8) is 0 Å². The molecule has 1 aromatic carbocycles. The number of aryl methyl sites for hydroxylation is 1. The number of sulfone groups is 1. The van der Waals surface area contributed by atoms with Gasteiger partial charge in [-0.25, -0.2) is 17.6 Å². The van der Waals surface area contributed by atoms with Gasteiger partial charge in [-0.2, -0.15) is 0 Å². The molecule has 2 rings (SSSR count). The Bertz CT molecular complexity index is 700. The molecule has 0 N–H and O–H groups in total. The lowest BCUT2D eigenvalue weighted by molar-refractivity contribution is -0.670. The maximum atomic E-state index is 12.0. The SMILES string of the molecule is CC(C)c1ccc(-n2cc[n+](C)c2)c(S(C)(=O)=O)c1. The monoisotopic (exact) mass is 279 g/mol. The summed E-state index contributed by atoms with van der Waals surface area (Å²) in [5.74, 6) is 0.301. The third-order valence-corrected chi connectivity index (χ3v) is 4.22. The Morgan fingerprint density at radius 2 is 1.95 bits per heavy atom. The van der Waals surface area contributed by atoms with Gasteiger partial charge in [0.15, 0.2) is 15.5 Å². The van der Waals surface area contributed by atoms with Gasteiger partial charge in [-0.05, 0) is 23.6 Å². The van der Waals surface area contributed by atoms with Crippen molar-refractivity contribution < 1.29 is 13.0 Å². The average Bonchev–Trinajstić information content (AvgIpc) is 2.73. The summed E-state index contributed by atoms with van der Waals surface area (Å²) in [5.41, 5.74) is 1.72. The molecule has 2 aromatic rings. The van der Waals surface area contributed by atoms with Crippen molar-refractivity contribution in [2.24, 2.45) is 7.05 Å². The van der Waals surface area contributed by atoms with Crippen molar-refractivity contribution in [3.8, 4) is 5.69 Å². The van der Waals surface area contributed by atoms with Crippen LogP contribution >= 0.6 is 0 Å². The van der Waals surface area contributed by atoms with Crippen LogP contribution < -0.4 is 4.57 Å². The molecule has 0 aliphatic rings. The van der Waals surface area contributed by atoms with E-state index in [1.807, 2.05) is 47.0 Å². The van der Waals surface area contributed by atoms with Gasteiger partial charge in [0.2, 0.25) is 6.33 Å². The van der Waals surface area contributed by atoms with E-state index in [2.05, 4.69) is 13.8 Å². The number of imidazole rings is 1. The van der Waals surface area contributed by atoms with Crippen LogP contribution in [0.3, 0.4) is 0 Å². The fraction of sp³-hybridized carbons (Fsp3) is 0.357. The Kier molecular flexibility index (Phi) is 3.49. The van der Waals surface area contributed by atoms with Crippen LogP contribution in [-0.4, -0.2) is 19.2 Å². The lowest BCUT2D eigenvalue weighted by Crippen LogP contribution is -2.23. The van der Waals surface area contributed by atoms with Gasteiger partial charge in [0.25, 0.3) is 0 Å². The lowest BCUT2D eigenvalue weighted by atomic mass is 10.0. The highest BCUT2D eigenvalue weighted by molar-refractivity contribution is 7.90. The summed E-state index contributed by atoms with van der Waals surface area (Å²) in [6, 6.07) is 5.62. The van der Waals surface area contributed by atoms with Gasteiger partial charge in [0, 0.05) is 6.26 Å². The number of benzene rings is 1. The zero-order valence-corrected chi connectivity index (χ0v) is 12.5. The second kappa shape index (κ2) is 4.81. The van der Waals surface area contributed by atoms with Gasteiger partial charge in [0.1, 0.15) is 17.3 Å². The molecule has 5 heteroatoms. The first-order valence-corrected chi connectivity index (χ1v) is 8.06. The maximum Gasteiger partial charge on any atom is 0.248 e. The Balaban J connectivity index is 2.68. The van der Waals surface area contributed by atoms with E-state index in [0.29, 0.717) is 16.5 Å². The van der Waals surface area contributed by atoms with Crippen molar-refractivity contribution in [2.75, 3.05) is 6.26 Å². The van der Waals surface area contributed by atoms with Gasteiger partial charge >= 0.3 is 0 Å². The highest BCUT2D eigenvalue weighted by Crippen LogP contribution is 2.25. The van der Waals surface area contributed by atoms with Crippen LogP contribution in [0, 0.1) is 0 Å². The van der Waals surface area contributed by atoms with Crippen molar-refractivity contribution in [1.29, 1.82) is 0 Å². The first-order valence-electron chi connectivity index (χ1n) is 6.16. The highest BCUT2D eigenvalue weighted by Gasteiger charge is 2.19. The summed E-state index contributed by atoms with van der Waals surface area (Å²) in [7, 11) is -1.36. The van der Waals surface area contributed by atoms with Crippen LogP contribution in [-0.2, 0) is 16.9 Å². The number of hydrogen-bond acceptors (Lipinski definition) is 2. The molecule has 0 unspecified atom stereocenters. The minimum absolute atomic E-state index is 0.301. The van der Waals surface area contributed by atoms with Crippen LogP contribution in [0.4, 0.5) is 0 Å². The number of aromatic nitrogens is 2. The quantitative estimate of drug-likeness (QED) is 0.805. The number of rotatable bonds is 3. The van der Waals surface area contributed by atoms with Crippen LogP contribution in [0.1, 0.15) is 25.3 Å². The van der Waals surface area contributed by atoms with Gasteiger partial charge in [-0.1, -0.05) is 19.9 Å². The van der Waals surface area contributed by atoms with E-state index in [9.17, 15) is 8.42 Å². The minimum atomic E-state index is -3.26. The average molecular weight is 279 g/mol. The van der Waals surface area contributed by atoms with Crippen molar-refractivity contribution in [3.05, 3.63) is 42.5 Å². The fourth-order valence-corrected chi connectivity index (χ4v) is 2.90. The molecule has 0 radical (unpaired) electrons. The van der Waals surface area contributed by atoms with E-state index in [1.54, 1.807) is 6.07 Å². The molecule has 0 aliphatic heterocycles. The molecule has 0 aliphatic carbocycles. The van der Waals surface area contributed by atoms with Crippen LogP contribution in [0.25, 0.3) is 5.69 Å². The lowest BCUT2D eigenvalue weighted by Gasteiger charge is -2.10. The van der Waals surface area contributed by atoms with Crippen LogP contribution in [0.5, 0.6) is 0 Å². The largest absolute Gasteiger partial charge is 0.248 e. The topological polar surface area (TPSA) is 43.0 Å². The molecule has 0 saturated carbocycles. The van der Waals surface area contributed by atoms with Crippen molar-refractivity contribution in [1.82, 2.24) is 4.57 Å². The maximum absolute atomic E-state index is 12.0. The zero-order chi connectivity index (χ0) is 14.2. The second-order valence-corrected chi connectivity index (χ2v) is 7.12. The normalized spacial score (nSPS) is 12.1. The molecule has 102 valence electrons. The molecular formula is C14H19N2O2S+. The van der Waals surface area contributed by atoms with E-state index >= 15 is 0 Å². The molecular weight excluding hydrogens is 260 g/mol. The minimum Gasteiger partial charge on any atom is -0.239 e. The van der Waals surface area contributed by atoms with Gasteiger partial charge in [0.05, 0.1) is 7.05 Å². The highest BCUT2D eigenvalue weighted by atomic mass is 32.2. The molecule has 0 bridgehead atoms. The molecule has 0 spiro atoms. The van der Waals surface area contributed by atoms with E-state index in [0.717, 1.165) is 5.56 Å². The summed E-state index contributed by atoms with van der Waals surface area (Å²) in [6.07, 6.45) is 6.82. The number of hydrogen-bond donors (Lipinski definition) is 0. The third kappa shape index (κ3) is 2.87.